The Hall–Kier alpha value is 1.03. The van der Waals surface area contributed by atoms with Crippen LogP contribution in [0.1, 0.15) is 46.0 Å². The number of thioether (sulfide) groups is 1. The summed E-state index contributed by atoms with van der Waals surface area (Å²) >= 11 is -0.888. The van der Waals surface area contributed by atoms with Crippen molar-refractivity contribution in [3.05, 3.63) is 0 Å². The molecule has 2 N–H and O–H groups in total. The average molecular weight is 384 g/mol. The van der Waals surface area contributed by atoms with Crippen molar-refractivity contribution >= 4 is 31.0 Å². The van der Waals surface area contributed by atoms with Gasteiger partial charge in [0.15, 0.2) is 0 Å². The van der Waals surface area contributed by atoms with Crippen molar-refractivity contribution in [3.63, 3.8) is 0 Å². The molecular formula is C13H31NO2SSn. The Morgan fingerprint density at radius 1 is 1.00 bits per heavy atom. The summed E-state index contributed by atoms with van der Waals surface area (Å²) in [5, 5.41) is 0. The van der Waals surface area contributed by atoms with Crippen molar-refractivity contribution in [2.45, 2.75) is 50.4 Å². The van der Waals surface area contributed by atoms with Crippen LogP contribution in [0.5, 0.6) is 0 Å². The minimum absolute atomic E-state index is 0.802. The molecule has 0 aliphatic heterocycles. The maximum absolute atomic E-state index is 6.24. The monoisotopic (exact) mass is 385 g/mol. The molecule has 0 spiro atoms. The minimum atomic E-state index is -2.78. The fraction of sp³-hybridized carbons (Fsp3) is 1.00. The van der Waals surface area contributed by atoms with Crippen LogP contribution in [-0.2, 0) is 6.15 Å². The molecule has 0 aromatic carbocycles. The van der Waals surface area contributed by atoms with Crippen molar-refractivity contribution in [3.8, 4) is 0 Å². The van der Waals surface area contributed by atoms with Gasteiger partial charge in [0.1, 0.15) is 0 Å². The fourth-order valence-corrected chi connectivity index (χ4v) is 15.6. The van der Waals surface area contributed by atoms with Crippen molar-refractivity contribution in [1.29, 1.82) is 0 Å². The van der Waals surface area contributed by atoms with E-state index in [4.69, 9.17) is 11.9 Å². The van der Waals surface area contributed by atoms with Crippen LogP contribution in [0.25, 0.3) is 0 Å². The van der Waals surface area contributed by atoms with Crippen LogP contribution in [0, 0.1) is 0 Å². The van der Waals surface area contributed by atoms with E-state index in [2.05, 4.69) is 20.1 Å². The Kier molecular flexibility index (Phi) is 13.8. The average Bonchev–Trinajstić information content (AvgIpc) is 2.39. The van der Waals surface area contributed by atoms with E-state index in [1.807, 2.05) is 11.8 Å². The first-order chi connectivity index (χ1) is 8.74. The van der Waals surface area contributed by atoms with Gasteiger partial charge in [0.05, 0.1) is 0 Å². The van der Waals surface area contributed by atoms with E-state index in [-0.39, 0.29) is 0 Å². The van der Waals surface area contributed by atoms with E-state index >= 15 is 0 Å². The molecule has 0 aliphatic rings. The Morgan fingerprint density at radius 2 is 1.61 bits per heavy atom. The second kappa shape index (κ2) is 13.0. The summed E-state index contributed by atoms with van der Waals surface area (Å²) < 4.78 is 14.8. The molecule has 0 radical (unpaired) electrons. The van der Waals surface area contributed by atoms with Gasteiger partial charge < -0.3 is 0 Å². The predicted molar refractivity (Wildman–Crippen MR) is 84.3 cm³/mol. The second-order valence-corrected chi connectivity index (χ2v) is 16.3. The molecule has 3 nitrogen and oxygen atoms in total. The van der Waals surface area contributed by atoms with E-state index in [9.17, 15) is 0 Å². The normalized spacial score (nSPS) is 12.0. The van der Waals surface area contributed by atoms with Gasteiger partial charge in [-0.2, -0.15) is 0 Å². The number of nitrogens with two attached hydrogens (primary N) is 1. The quantitative estimate of drug-likeness (QED) is 0.391. The van der Waals surface area contributed by atoms with Crippen molar-refractivity contribution in [2.24, 2.45) is 5.73 Å². The summed E-state index contributed by atoms with van der Waals surface area (Å²) in [5.41, 5.74) is 5.55. The molecule has 0 aromatic rings. The first kappa shape index (κ1) is 19.0. The summed E-state index contributed by atoms with van der Waals surface area (Å²) in [5.74, 6) is 0. The number of rotatable bonds is 13. The Bertz CT molecular complexity index is 176. The molecule has 0 saturated carbocycles. The first-order valence-corrected chi connectivity index (χ1v) is 15.0. The summed E-state index contributed by atoms with van der Waals surface area (Å²) in [6.07, 6.45) is 7.91. The second-order valence-electron chi connectivity index (χ2n) is 4.64. The van der Waals surface area contributed by atoms with E-state index in [0.717, 1.165) is 42.8 Å². The molecule has 0 unspecified atom stereocenters. The molecule has 0 bridgehead atoms. The Labute approximate surface area is 123 Å². The van der Waals surface area contributed by atoms with E-state index in [1.54, 1.807) is 0 Å². The third kappa shape index (κ3) is 9.02. The Morgan fingerprint density at radius 3 is 2.06 bits per heavy atom. The van der Waals surface area contributed by atoms with Gasteiger partial charge in [0.2, 0.25) is 0 Å². The van der Waals surface area contributed by atoms with Crippen LogP contribution in [-0.4, -0.2) is 49.0 Å². The van der Waals surface area contributed by atoms with E-state index in [0.29, 0.717) is 0 Å². The van der Waals surface area contributed by atoms with Crippen LogP contribution in [0.3, 0.4) is 0 Å². The molecule has 0 saturated heterocycles. The predicted octanol–water partition coefficient (Wildman–Crippen LogP) is 3.31. The van der Waals surface area contributed by atoms with Gasteiger partial charge in [-0.3, -0.25) is 0 Å². The molecule has 0 aromatic heterocycles. The molecule has 0 atom stereocenters. The van der Waals surface area contributed by atoms with E-state index in [1.165, 1.54) is 17.3 Å². The topological polar surface area (TPSA) is 44.5 Å². The number of hydrogen-bond donors (Lipinski definition) is 1. The summed E-state index contributed by atoms with van der Waals surface area (Å²) in [4.78, 5) is 0. The fourth-order valence-electron chi connectivity index (χ4n) is 1.85. The van der Waals surface area contributed by atoms with Gasteiger partial charge in [-0.05, 0) is 0 Å². The molecule has 0 heterocycles. The zero-order valence-corrected chi connectivity index (χ0v) is 16.0. The Balaban J connectivity index is 4.29. The van der Waals surface area contributed by atoms with Gasteiger partial charge in [-0.25, -0.2) is 0 Å². The summed E-state index contributed by atoms with van der Waals surface area (Å²) in [7, 11) is 0. The number of unbranched alkanes of at least 4 members (excludes halogenated alkanes) is 2. The molecule has 0 aliphatic carbocycles. The molecular weight excluding hydrogens is 353 g/mol. The van der Waals surface area contributed by atoms with Crippen LogP contribution < -0.4 is 5.73 Å². The molecule has 0 amide bonds. The summed E-state index contributed by atoms with van der Waals surface area (Å²) in [6, 6.07) is 0. The molecule has 110 valence electrons. The van der Waals surface area contributed by atoms with Crippen LogP contribution in [0.4, 0.5) is 0 Å². The van der Waals surface area contributed by atoms with Crippen molar-refractivity contribution in [1.82, 2.24) is 0 Å². The van der Waals surface area contributed by atoms with Crippen molar-refractivity contribution in [2.75, 3.05) is 29.8 Å². The van der Waals surface area contributed by atoms with Crippen LogP contribution in [0.2, 0.25) is 4.44 Å². The van der Waals surface area contributed by atoms with Gasteiger partial charge in [-0.15, -0.1) is 0 Å². The first-order valence-electron chi connectivity index (χ1n) is 7.21. The van der Waals surface area contributed by atoms with Gasteiger partial charge >= 0.3 is 123 Å². The standard InChI is InChI=1S/C5H12N.2C3H7O.C2H5S.Sn/c1-2-3-4-5-6;2*1-2-3-4;1-3-2;/h1-6H2;2*2-3H2,1H3;1H2,2H3;/q;2*-1;;+2. The molecule has 0 fully saturated rings. The molecule has 0 rings (SSSR count). The van der Waals surface area contributed by atoms with Crippen molar-refractivity contribution < 1.29 is 6.15 Å². The third-order valence-electron chi connectivity index (χ3n) is 2.76. The third-order valence-corrected chi connectivity index (χ3v) is 17.1. The van der Waals surface area contributed by atoms with Gasteiger partial charge in [0, 0.05) is 0 Å². The van der Waals surface area contributed by atoms with E-state index < -0.39 is 19.2 Å². The maximum atomic E-state index is 6.24. The SMILES string of the molecule is CCC[O][Sn]([CH2]CCCCN)([CH2]SC)[O]CCC. The zero-order chi connectivity index (χ0) is 13.7. The summed E-state index contributed by atoms with van der Waals surface area (Å²) in [6.45, 7) is 6.89. The van der Waals surface area contributed by atoms with Crippen LogP contribution in [0.15, 0.2) is 0 Å². The molecule has 5 heteroatoms. The van der Waals surface area contributed by atoms with Crippen LogP contribution >= 0.6 is 11.8 Å². The van der Waals surface area contributed by atoms with Gasteiger partial charge in [0.25, 0.3) is 0 Å². The molecule has 18 heavy (non-hydrogen) atoms. The zero-order valence-electron chi connectivity index (χ0n) is 12.4. The van der Waals surface area contributed by atoms with Gasteiger partial charge in [-0.1, -0.05) is 0 Å². The number of hydrogen-bond acceptors (Lipinski definition) is 4.